The minimum absolute atomic E-state index is 0.129. The van der Waals surface area contributed by atoms with Crippen LogP contribution in [0, 0.1) is 0 Å². The molecule has 0 saturated carbocycles. The van der Waals surface area contributed by atoms with Gasteiger partial charge in [-0.3, -0.25) is 0 Å². The van der Waals surface area contributed by atoms with Crippen LogP contribution in [0.5, 0.6) is 5.88 Å². The molecule has 1 aliphatic heterocycles. The maximum absolute atomic E-state index is 5.82. The molecule has 0 spiro atoms. The summed E-state index contributed by atoms with van der Waals surface area (Å²) < 4.78 is 5.82. The molecule has 0 unspecified atom stereocenters. The summed E-state index contributed by atoms with van der Waals surface area (Å²) in [6.07, 6.45) is 4.27. The predicted octanol–water partition coefficient (Wildman–Crippen LogP) is 3.19. The largest absolute Gasteiger partial charge is 0.475 e. The number of aromatic nitrogens is 1. The van der Waals surface area contributed by atoms with Gasteiger partial charge in [0.05, 0.1) is 6.10 Å². The van der Waals surface area contributed by atoms with Crippen molar-refractivity contribution in [1.82, 2.24) is 10.3 Å². The summed E-state index contributed by atoms with van der Waals surface area (Å²) in [5, 5.41) is 9.26. The van der Waals surface area contributed by atoms with Gasteiger partial charge in [-0.05, 0) is 63.4 Å². The third kappa shape index (κ3) is 3.45. The minimum Gasteiger partial charge on any atom is -0.475 e. The van der Waals surface area contributed by atoms with Crippen molar-refractivity contribution in [3.63, 3.8) is 0 Å². The summed E-state index contributed by atoms with van der Waals surface area (Å²) in [7, 11) is 0. The second-order valence-electron chi connectivity index (χ2n) is 5.89. The summed E-state index contributed by atoms with van der Waals surface area (Å²) in [6, 6.07) is 9.01. The van der Waals surface area contributed by atoms with E-state index in [0.29, 0.717) is 6.04 Å². The van der Waals surface area contributed by atoms with Crippen molar-refractivity contribution in [2.45, 2.75) is 38.8 Å². The summed E-state index contributed by atoms with van der Waals surface area (Å²) >= 11 is 0. The van der Waals surface area contributed by atoms with Gasteiger partial charge in [-0.1, -0.05) is 6.07 Å². The van der Waals surface area contributed by atoms with Gasteiger partial charge in [0.15, 0.2) is 0 Å². The molecule has 1 aromatic carbocycles. The molecule has 4 heteroatoms. The lowest BCUT2D eigenvalue weighted by Crippen LogP contribution is -2.35. The summed E-state index contributed by atoms with van der Waals surface area (Å²) in [5.41, 5.74) is 1.15. The summed E-state index contributed by atoms with van der Waals surface area (Å²) in [6.45, 7) is 6.23. The van der Waals surface area contributed by atoms with Crippen molar-refractivity contribution in [2.75, 3.05) is 18.4 Å². The Balaban J connectivity index is 1.86. The van der Waals surface area contributed by atoms with Crippen LogP contribution in [0.2, 0.25) is 0 Å². The van der Waals surface area contributed by atoms with Crippen molar-refractivity contribution in [2.24, 2.45) is 0 Å². The lowest BCUT2D eigenvalue weighted by molar-refractivity contribution is 0.236. The monoisotopic (exact) mass is 285 g/mol. The number of rotatable bonds is 4. The fraction of sp³-hybridized carbons (Fsp3) is 0.471. The number of hydrogen-bond acceptors (Lipinski definition) is 4. The van der Waals surface area contributed by atoms with Crippen molar-refractivity contribution in [3.8, 4) is 5.88 Å². The molecule has 1 aromatic heterocycles. The number of pyridine rings is 1. The van der Waals surface area contributed by atoms with Gasteiger partial charge < -0.3 is 15.4 Å². The maximum atomic E-state index is 5.82. The second kappa shape index (κ2) is 6.31. The Morgan fingerprint density at radius 1 is 1.24 bits per heavy atom. The van der Waals surface area contributed by atoms with Gasteiger partial charge in [0.25, 0.3) is 0 Å². The molecule has 0 atom stereocenters. The lowest BCUT2D eigenvalue weighted by Gasteiger charge is -2.25. The summed E-state index contributed by atoms with van der Waals surface area (Å²) in [5.74, 6) is 0.719. The van der Waals surface area contributed by atoms with Crippen LogP contribution in [0.4, 0.5) is 5.69 Å². The Labute approximate surface area is 125 Å². The average molecular weight is 285 g/mol. The number of ether oxygens (including phenoxy) is 1. The predicted molar refractivity (Wildman–Crippen MR) is 87.0 cm³/mol. The number of fused-ring (bicyclic) bond motifs is 1. The highest BCUT2D eigenvalue weighted by Gasteiger charge is 2.13. The van der Waals surface area contributed by atoms with E-state index in [1.807, 2.05) is 19.9 Å². The molecule has 1 saturated heterocycles. The van der Waals surface area contributed by atoms with Crippen LogP contribution >= 0.6 is 0 Å². The van der Waals surface area contributed by atoms with Crippen LogP contribution in [0.3, 0.4) is 0 Å². The van der Waals surface area contributed by atoms with E-state index < -0.39 is 0 Å². The Bertz CT molecular complexity index is 606. The van der Waals surface area contributed by atoms with E-state index in [1.165, 1.54) is 12.8 Å². The number of piperidine rings is 1. The van der Waals surface area contributed by atoms with E-state index in [2.05, 4.69) is 33.8 Å². The van der Waals surface area contributed by atoms with Crippen LogP contribution in [-0.2, 0) is 0 Å². The molecule has 0 amide bonds. The quantitative estimate of drug-likeness (QED) is 0.905. The van der Waals surface area contributed by atoms with Gasteiger partial charge in [-0.15, -0.1) is 0 Å². The molecule has 4 nitrogen and oxygen atoms in total. The first-order valence-corrected chi connectivity index (χ1v) is 7.75. The molecule has 21 heavy (non-hydrogen) atoms. The number of nitrogens with one attached hydrogen (secondary N) is 2. The van der Waals surface area contributed by atoms with Crippen LogP contribution in [0.25, 0.3) is 10.8 Å². The van der Waals surface area contributed by atoms with Crippen molar-refractivity contribution >= 4 is 16.5 Å². The first-order chi connectivity index (χ1) is 10.2. The molecule has 1 aliphatic rings. The van der Waals surface area contributed by atoms with Crippen LogP contribution in [0.15, 0.2) is 30.5 Å². The lowest BCUT2D eigenvalue weighted by atomic mass is 10.1. The molecular formula is C17H23N3O. The van der Waals surface area contributed by atoms with E-state index >= 15 is 0 Å². The van der Waals surface area contributed by atoms with Gasteiger partial charge in [0, 0.05) is 23.3 Å². The minimum atomic E-state index is 0.129. The molecule has 3 rings (SSSR count). The first-order valence-electron chi connectivity index (χ1n) is 7.75. The van der Waals surface area contributed by atoms with Crippen LogP contribution in [0.1, 0.15) is 26.7 Å². The first kappa shape index (κ1) is 14.1. The Morgan fingerprint density at radius 2 is 2.05 bits per heavy atom. The van der Waals surface area contributed by atoms with Gasteiger partial charge in [-0.25, -0.2) is 4.98 Å². The second-order valence-corrected chi connectivity index (χ2v) is 5.89. The number of anilines is 1. The molecular weight excluding hydrogens is 262 g/mol. The van der Waals surface area contributed by atoms with E-state index in [1.54, 1.807) is 6.20 Å². The SMILES string of the molecule is CC(C)Oc1nccc2ccc(NC3CCNCC3)cc12. The smallest absolute Gasteiger partial charge is 0.221 e. The van der Waals surface area contributed by atoms with Crippen LogP contribution in [-0.4, -0.2) is 30.2 Å². The maximum Gasteiger partial charge on any atom is 0.221 e. The number of hydrogen-bond donors (Lipinski definition) is 2. The third-order valence-electron chi connectivity index (χ3n) is 3.79. The zero-order valence-corrected chi connectivity index (χ0v) is 12.7. The highest BCUT2D eigenvalue weighted by molar-refractivity contribution is 5.89. The van der Waals surface area contributed by atoms with Gasteiger partial charge >= 0.3 is 0 Å². The summed E-state index contributed by atoms with van der Waals surface area (Å²) in [4.78, 5) is 4.37. The average Bonchev–Trinajstić information content (AvgIpc) is 2.48. The Hall–Kier alpha value is -1.81. The third-order valence-corrected chi connectivity index (χ3v) is 3.79. The fourth-order valence-corrected chi connectivity index (χ4v) is 2.75. The molecule has 0 aliphatic carbocycles. The van der Waals surface area contributed by atoms with E-state index in [-0.39, 0.29) is 6.10 Å². The van der Waals surface area contributed by atoms with E-state index in [9.17, 15) is 0 Å². The Kier molecular flexibility index (Phi) is 4.25. The molecule has 2 heterocycles. The van der Waals surface area contributed by atoms with Gasteiger partial charge in [-0.2, -0.15) is 0 Å². The molecule has 112 valence electrons. The molecule has 0 radical (unpaired) electrons. The molecule has 2 aromatic rings. The molecule has 2 N–H and O–H groups in total. The number of nitrogens with zero attached hydrogens (tertiary/aromatic N) is 1. The highest BCUT2D eigenvalue weighted by Crippen LogP contribution is 2.27. The number of benzene rings is 1. The van der Waals surface area contributed by atoms with E-state index in [4.69, 9.17) is 4.74 Å². The zero-order valence-electron chi connectivity index (χ0n) is 12.7. The topological polar surface area (TPSA) is 46.2 Å². The van der Waals surface area contributed by atoms with E-state index in [0.717, 1.165) is 35.4 Å². The molecule has 0 bridgehead atoms. The zero-order chi connectivity index (χ0) is 14.7. The van der Waals surface area contributed by atoms with Gasteiger partial charge in [0.1, 0.15) is 0 Å². The van der Waals surface area contributed by atoms with Gasteiger partial charge in [0.2, 0.25) is 5.88 Å². The standard InChI is InChI=1S/C17H23N3O/c1-12(2)21-17-16-11-15(4-3-13(16)5-10-19-17)20-14-6-8-18-9-7-14/h3-5,10-12,14,18,20H,6-9H2,1-2H3. The van der Waals surface area contributed by atoms with Crippen molar-refractivity contribution in [3.05, 3.63) is 30.5 Å². The van der Waals surface area contributed by atoms with Crippen molar-refractivity contribution in [1.29, 1.82) is 0 Å². The fourth-order valence-electron chi connectivity index (χ4n) is 2.75. The van der Waals surface area contributed by atoms with Crippen molar-refractivity contribution < 1.29 is 4.74 Å². The van der Waals surface area contributed by atoms with Crippen LogP contribution < -0.4 is 15.4 Å². The normalized spacial score (nSPS) is 16.3. The highest BCUT2D eigenvalue weighted by atomic mass is 16.5. The molecule has 1 fully saturated rings. The Morgan fingerprint density at radius 3 is 2.81 bits per heavy atom.